The zero-order chi connectivity index (χ0) is 19.8. The molecule has 0 aromatic rings. The molecule has 7 heteroatoms. The van der Waals surface area contributed by atoms with Gasteiger partial charge in [-0.1, -0.05) is 84.0 Å². The van der Waals surface area contributed by atoms with Gasteiger partial charge in [-0.25, -0.2) is 0 Å². The lowest BCUT2D eigenvalue weighted by Crippen LogP contribution is -2.43. The molecule has 158 valence electrons. The fraction of sp³-hybridized carbons (Fsp3) is 1.00. The van der Waals surface area contributed by atoms with Crippen LogP contribution in [0.25, 0.3) is 0 Å². The quantitative estimate of drug-likeness (QED) is 0.178. The molecule has 0 rings (SSSR count). The number of rotatable bonds is 18. The summed E-state index contributed by atoms with van der Waals surface area (Å²) in [6.45, 7) is 2.24. The Hall–Kier alpha value is 0.0300. The van der Waals surface area contributed by atoms with Crippen molar-refractivity contribution in [1.29, 1.82) is 0 Å². The van der Waals surface area contributed by atoms with Gasteiger partial charge in [0.2, 0.25) is 0 Å². The van der Waals surface area contributed by atoms with Crippen molar-refractivity contribution in [2.75, 3.05) is 6.16 Å². The molecule has 3 atom stereocenters. The molecule has 0 heterocycles. The topological polar surface area (TPSA) is 124 Å². The van der Waals surface area contributed by atoms with Crippen molar-refractivity contribution in [3.63, 3.8) is 0 Å². The molecule has 0 saturated heterocycles. The maximum Gasteiger partial charge on any atom is 0.325 e. The normalized spacial score (nSPS) is 15.8. The van der Waals surface area contributed by atoms with Gasteiger partial charge >= 0.3 is 7.60 Å². The predicted octanol–water partition coefficient (Wildman–Crippen LogP) is 3.69. The molecule has 6 nitrogen and oxygen atoms in total. The maximum absolute atomic E-state index is 10.8. The van der Waals surface area contributed by atoms with Gasteiger partial charge < -0.3 is 25.7 Å². The van der Waals surface area contributed by atoms with E-state index in [9.17, 15) is 14.8 Å². The average molecular weight is 396 g/mol. The summed E-state index contributed by atoms with van der Waals surface area (Å²) in [5, 5.41) is 19.9. The van der Waals surface area contributed by atoms with Gasteiger partial charge in [0.05, 0.1) is 18.4 Å². The van der Waals surface area contributed by atoms with Crippen LogP contribution in [0.5, 0.6) is 0 Å². The highest BCUT2D eigenvalue weighted by molar-refractivity contribution is 7.51. The Morgan fingerprint density at radius 3 is 1.62 bits per heavy atom. The van der Waals surface area contributed by atoms with Crippen LogP contribution >= 0.6 is 7.60 Å². The first-order valence-corrected chi connectivity index (χ1v) is 12.2. The highest BCUT2D eigenvalue weighted by Crippen LogP contribution is 2.35. The summed E-state index contributed by atoms with van der Waals surface area (Å²) in [5.41, 5.74) is 5.71. The van der Waals surface area contributed by atoms with Crippen molar-refractivity contribution in [3.05, 3.63) is 0 Å². The largest absolute Gasteiger partial charge is 0.390 e. The Labute approximate surface area is 159 Å². The second kappa shape index (κ2) is 16.0. The summed E-state index contributed by atoms with van der Waals surface area (Å²) < 4.78 is 10.8. The fourth-order valence-electron chi connectivity index (χ4n) is 3.14. The molecule has 0 aliphatic heterocycles. The third-order valence-electron chi connectivity index (χ3n) is 4.94. The summed E-state index contributed by atoms with van der Waals surface area (Å²) in [6, 6.07) is -0.810. The van der Waals surface area contributed by atoms with Crippen LogP contribution in [0, 0.1) is 0 Å². The first kappa shape index (κ1) is 26.0. The smallest absolute Gasteiger partial charge is 0.325 e. The van der Waals surface area contributed by atoms with E-state index >= 15 is 0 Å². The van der Waals surface area contributed by atoms with E-state index in [2.05, 4.69) is 6.92 Å². The molecule has 26 heavy (non-hydrogen) atoms. The lowest BCUT2D eigenvalue weighted by atomic mass is 9.98. The third-order valence-corrected chi connectivity index (χ3v) is 5.78. The number of aliphatic hydroxyl groups excluding tert-OH is 2. The minimum Gasteiger partial charge on any atom is -0.390 e. The van der Waals surface area contributed by atoms with Crippen LogP contribution < -0.4 is 5.73 Å². The van der Waals surface area contributed by atoms with Gasteiger partial charge in [0.25, 0.3) is 0 Å². The van der Waals surface area contributed by atoms with Crippen molar-refractivity contribution in [1.82, 2.24) is 0 Å². The van der Waals surface area contributed by atoms with Crippen molar-refractivity contribution in [2.45, 2.75) is 115 Å². The molecule has 0 fully saturated rings. The first-order valence-electron chi connectivity index (χ1n) is 10.4. The Morgan fingerprint density at radius 2 is 1.19 bits per heavy atom. The molecular weight excluding hydrogens is 353 g/mol. The molecule has 0 amide bonds. The van der Waals surface area contributed by atoms with Gasteiger partial charge in [0, 0.05) is 6.04 Å². The predicted molar refractivity (Wildman–Crippen MR) is 107 cm³/mol. The Kier molecular flexibility index (Phi) is 16.0. The van der Waals surface area contributed by atoms with Crippen molar-refractivity contribution < 1.29 is 24.6 Å². The van der Waals surface area contributed by atoms with Gasteiger partial charge in [-0.2, -0.15) is 0 Å². The molecule has 0 aromatic carbocycles. The molecule has 0 saturated carbocycles. The molecule has 0 aliphatic carbocycles. The van der Waals surface area contributed by atoms with E-state index in [1.54, 1.807) is 0 Å². The van der Waals surface area contributed by atoms with Gasteiger partial charge in [0.15, 0.2) is 0 Å². The van der Waals surface area contributed by atoms with E-state index < -0.39 is 25.8 Å². The minimum atomic E-state index is -4.11. The number of hydrogen-bond donors (Lipinski definition) is 5. The number of hydrogen-bond acceptors (Lipinski definition) is 4. The van der Waals surface area contributed by atoms with Crippen LogP contribution in [0.3, 0.4) is 0 Å². The zero-order valence-corrected chi connectivity index (χ0v) is 17.5. The highest BCUT2D eigenvalue weighted by Gasteiger charge is 2.25. The maximum atomic E-state index is 10.8. The van der Waals surface area contributed by atoms with E-state index in [0.717, 1.165) is 19.3 Å². The molecule has 0 radical (unpaired) electrons. The van der Waals surface area contributed by atoms with E-state index in [-0.39, 0.29) is 12.6 Å². The molecule has 0 bridgehead atoms. The summed E-state index contributed by atoms with van der Waals surface area (Å²) in [6.07, 6.45) is 12.9. The molecule has 0 unspecified atom stereocenters. The summed E-state index contributed by atoms with van der Waals surface area (Å²) >= 11 is 0. The number of unbranched alkanes of at least 4 members (excludes halogenated alkanes) is 11. The lowest BCUT2D eigenvalue weighted by Gasteiger charge is -2.24. The van der Waals surface area contributed by atoms with Crippen molar-refractivity contribution in [3.8, 4) is 0 Å². The van der Waals surface area contributed by atoms with Crippen LogP contribution in [0.15, 0.2) is 0 Å². The Bertz CT molecular complexity index is 364. The van der Waals surface area contributed by atoms with E-state index in [1.165, 1.54) is 57.8 Å². The summed E-state index contributed by atoms with van der Waals surface area (Å²) in [7, 11) is -4.11. The molecule has 6 N–H and O–H groups in total. The van der Waals surface area contributed by atoms with Crippen molar-refractivity contribution >= 4 is 7.60 Å². The van der Waals surface area contributed by atoms with E-state index in [0.29, 0.717) is 6.42 Å². The second-order valence-corrected chi connectivity index (χ2v) is 9.35. The van der Waals surface area contributed by atoms with Crippen LogP contribution in [0.1, 0.15) is 96.8 Å². The van der Waals surface area contributed by atoms with Crippen LogP contribution in [-0.4, -0.2) is 44.4 Å². The Morgan fingerprint density at radius 1 is 0.769 bits per heavy atom. The first-order chi connectivity index (χ1) is 12.3. The summed E-state index contributed by atoms with van der Waals surface area (Å²) in [4.78, 5) is 17.6. The number of nitrogens with two attached hydrogens (primary N) is 1. The summed E-state index contributed by atoms with van der Waals surface area (Å²) in [5.74, 6) is 0. The highest BCUT2D eigenvalue weighted by atomic mass is 31.2. The van der Waals surface area contributed by atoms with Gasteiger partial charge in [-0.15, -0.1) is 0 Å². The van der Waals surface area contributed by atoms with Gasteiger partial charge in [-0.3, -0.25) is 4.57 Å². The van der Waals surface area contributed by atoms with E-state index in [1.807, 2.05) is 0 Å². The van der Waals surface area contributed by atoms with Crippen molar-refractivity contribution in [2.24, 2.45) is 5.73 Å². The van der Waals surface area contributed by atoms with Crippen LogP contribution in [-0.2, 0) is 4.57 Å². The average Bonchev–Trinajstić information content (AvgIpc) is 2.59. The van der Waals surface area contributed by atoms with Gasteiger partial charge in [0.1, 0.15) is 0 Å². The Balaban J connectivity index is 3.52. The monoisotopic (exact) mass is 395 g/mol. The second-order valence-electron chi connectivity index (χ2n) is 7.58. The fourth-order valence-corrected chi connectivity index (χ4v) is 3.77. The van der Waals surface area contributed by atoms with Crippen LogP contribution in [0.2, 0.25) is 0 Å². The standard InChI is InChI=1S/C19H42NO5P/c1-2-3-4-5-6-7-8-9-10-11-12-13-14-18(21)19(22)17(20)15-16-26(23,24)25/h17-19,21-22H,2-16,20H2,1H3,(H2,23,24,25)/t17-,18+,19-/m0/s1. The molecule has 0 aliphatic rings. The SMILES string of the molecule is CCCCCCCCCCCCCC[C@@H](O)[C@@H](O)[C@@H](N)CCP(=O)(O)O. The molecule has 0 spiro atoms. The molecule has 0 aromatic heterocycles. The molecular formula is C19H42NO5P. The zero-order valence-electron chi connectivity index (χ0n) is 16.6. The van der Waals surface area contributed by atoms with Gasteiger partial charge in [-0.05, 0) is 12.8 Å². The van der Waals surface area contributed by atoms with Crippen LogP contribution in [0.4, 0.5) is 0 Å². The van der Waals surface area contributed by atoms with E-state index in [4.69, 9.17) is 15.5 Å². The lowest BCUT2D eigenvalue weighted by molar-refractivity contribution is -0.00225. The third kappa shape index (κ3) is 16.2. The number of aliphatic hydroxyl groups is 2. The minimum absolute atomic E-state index is 0.000941.